The Bertz CT molecular complexity index is 931. The maximum absolute atomic E-state index is 11.5. The molecule has 2 heterocycles. The number of fused-ring (bicyclic) bond motifs is 1. The van der Waals surface area contributed by atoms with Gasteiger partial charge in [0.05, 0.1) is 11.1 Å². The number of anilines is 1. The molecule has 1 fully saturated rings. The highest BCUT2D eigenvalue weighted by Crippen LogP contribution is 2.27. The van der Waals surface area contributed by atoms with Gasteiger partial charge in [0, 0.05) is 31.6 Å². The van der Waals surface area contributed by atoms with Crippen LogP contribution in [-0.2, 0) is 10.2 Å². The fraction of sp³-hybridized carbons (Fsp3) is 0.400. The van der Waals surface area contributed by atoms with Gasteiger partial charge in [0.2, 0.25) is 0 Å². The average Bonchev–Trinajstić information content (AvgIpc) is 2.79. The van der Waals surface area contributed by atoms with E-state index in [-0.39, 0.29) is 12.1 Å². The van der Waals surface area contributed by atoms with Crippen LogP contribution < -0.4 is 10.0 Å². The summed E-state index contributed by atoms with van der Waals surface area (Å²) in [6, 6.07) is 3.29. The Balaban J connectivity index is 1.99. The molecule has 1 saturated heterocycles. The second-order valence-electron chi connectivity index (χ2n) is 5.97. The third kappa shape index (κ3) is 3.55. The third-order valence-corrected chi connectivity index (χ3v) is 5.39. The summed E-state index contributed by atoms with van der Waals surface area (Å²) in [5.41, 5.74) is 1.37. The fourth-order valence-corrected chi connectivity index (χ4v) is 3.76. The lowest BCUT2D eigenvalue weighted by molar-refractivity contribution is 0.0696. The summed E-state index contributed by atoms with van der Waals surface area (Å²) in [6.45, 7) is 3.43. The molecule has 0 spiro atoms. The van der Waals surface area contributed by atoms with E-state index < -0.39 is 16.2 Å². The maximum Gasteiger partial charge on any atom is 0.336 e. The third-order valence-electron chi connectivity index (χ3n) is 4.31. The van der Waals surface area contributed by atoms with Crippen molar-refractivity contribution in [2.24, 2.45) is 5.14 Å². The normalized spacial score (nSPS) is 16.8. The van der Waals surface area contributed by atoms with Gasteiger partial charge in [-0.3, -0.25) is 0 Å². The van der Waals surface area contributed by atoms with E-state index in [1.165, 1.54) is 16.7 Å². The van der Waals surface area contributed by atoms with E-state index >= 15 is 0 Å². The summed E-state index contributed by atoms with van der Waals surface area (Å²) in [5, 5.41) is 15.2. The van der Waals surface area contributed by atoms with Gasteiger partial charge in [-0.2, -0.15) is 12.7 Å². The topological polar surface area (TPSA) is 130 Å². The highest BCUT2D eigenvalue weighted by molar-refractivity contribution is 7.86. The van der Waals surface area contributed by atoms with E-state index in [0.29, 0.717) is 43.0 Å². The van der Waals surface area contributed by atoms with E-state index in [9.17, 15) is 18.3 Å². The van der Waals surface area contributed by atoms with Gasteiger partial charge in [0.1, 0.15) is 12.1 Å². The van der Waals surface area contributed by atoms with Crippen molar-refractivity contribution < 1.29 is 18.3 Å². The Morgan fingerprint density at radius 2 is 1.96 bits per heavy atom. The van der Waals surface area contributed by atoms with E-state index in [0.717, 1.165) is 5.39 Å². The largest absolute Gasteiger partial charge is 0.478 e. The number of aryl methyl sites for hydroxylation is 1. The van der Waals surface area contributed by atoms with Gasteiger partial charge in [-0.25, -0.2) is 19.9 Å². The first kappa shape index (κ1) is 17.5. The molecule has 25 heavy (non-hydrogen) atoms. The average molecular weight is 365 g/mol. The van der Waals surface area contributed by atoms with Crippen LogP contribution in [0.3, 0.4) is 0 Å². The van der Waals surface area contributed by atoms with Gasteiger partial charge in [0.25, 0.3) is 10.2 Å². The quantitative estimate of drug-likeness (QED) is 0.803. The molecule has 0 aliphatic carbocycles. The zero-order valence-corrected chi connectivity index (χ0v) is 14.5. The van der Waals surface area contributed by atoms with Crippen LogP contribution in [0.5, 0.6) is 0 Å². The molecule has 0 unspecified atom stereocenters. The molecule has 0 radical (unpaired) electrons. The van der Waals surface area contributed by atoms with Crippen LogP contribution in [-0.4, -0.2) is 59.9 Å². The molecule has 1 aromatic carbocycles. The van der Waals surface area contributed by atoms with Gasteiger partial charge < -0.3 is 10.0 Å². The lowest BCUT2D eigenvalue weighted by Gasteiger charge is -2.23. The Labute approximate surface area is 145 Å². The first-order valence-corrected chi connectivity index (χ1v) is 9.29. The number of aromatic nitrogens is 2. The van der Waals surface area contributed by atoms with Crippen molar-refractivity contribution in [2.75, 3.05) is 31.1 Å². The van der Waals surface area contributed by atoms with Crippen molar-refractivity contribution in [3.63, 3.8) is 0 Å². The number of carbonyl (C=O) groups is 1. The molecular weight excluding hydrogens is 346 g/mol. The zero-order chi connectivity index (χ0) is 18.2. The lowest BCUT2D eigenvalue weighted by atomic mass is 10.1. The fourth-order valence-electron chi connectivity index (χ4n) is 3.04. The van der Waals surface area contributed by atoms with E-state index in [1.807, 2.05) is 4.90 Å². The second kappa shape index (κ2) is 6.54. The van der Waals surface area contributed by atoms with Gasteiger partial charge in [-0.05, 0) is 31.0 Å². The number of hydrogen-bond donors (Lipinski definition) is 2. The number of benzene rings is 1. The second-order valence-corrected chi connectivity index (χ2v) is 7.52. The SMILES string of the molecule is Cc1cc2c(N3CCCN(S(N)(=O)=O)CC3)ncnc2cc1C(=O)O. The number of carboxylic acids is 1. The summed E-state index contributed by atoms with van der Waals surface area (Å²) in [7, 11) is -3.71. The predicted molar refractivity (Wildman–Crippen MR) is 92.7 cm³/mol. The Morgan fingerprint density at radius 1 is 1.20 bits per heavy atom. The molecule has 0 saturated carbocycles. The summed E-state index contributed by atoms with van der Waals surface area (Å²) >= 11 is 0. The van der Waals surface area contributed by atoms with Gasteiger partial charge in [0.15, 0.2) is 0 Å². The molecule has 0 atom stereocenters. The molecule has 10 heteroatoms. The van der Waals surface area contributed by atoms with Crippen molar-refractivity contribution in [2.45, 2.75) is 13.3 Å². The summed E-state index contributed by atoms with van der Waals surface area (Å²) in [6.07, 6.45) is 2.01. The number of nitrogens with zero attached hydrogens (tertiary/aromatic N) is 4. The monoisotopic (exact) mass is 365 g/mol. The standard InChI is InChI=1S/C15H19N5O4S/c1-10-7-12-13(8-11(10)15(21)22)17-9-18-14(12)19-3-2-4-20(6-5-19)25(16,23)24/h7-9H,2-6H2,1H3,(H,21,22)(H2,16,23,24). The molecular formula is C15H19N5O4S. The first-order chi connectivity index (χ1) is 11.8. The molecule has 1 aliphatic heterocycles. The smallest absolute Gasteiger partial charge is 0.336 e. The van der Waals surface area contributed by atoms with Crippen LogP contribution in [0.4, 0.5) is 5.82 Å². The molecule has 3 N–H and O–H groups in total. The minimum absolute atomic E-state index is 0.202. The zero-order valence-electron chi connectivity index (χ0n) is 13.7. The van der Waals surface area contributed by atoms with Crippen LogP contribution in [0.1, 0.15) is 22.3 Å². The van der Waals surface area contributed by atoms with Crippen LogP contribution in [0.15, 0.2) is 18.5 Å². The highest BCUT2D eigenvalue weighted by Gasteiger charge is 2.23. The van der Waals surface area contributed by atoms with Crippen LogP contribution >= 0.6 is 0 Å². The van der Waals surface area contributed by atoms with Crippen molar-refractivity contribution in [1.82, 2.24) is 14.3 Å². The number of carboxylic acid groups (broad SMARTS) is 1. The van der Waals surface area contributed by atoms with Crippen molar-refractivity contribution in [3.8, 4) is 0 Å². The molecule has 0 amide bonds. The Hall–Kier alpha value is -2.30. The summed E-state index contributed by atoms with van der Waals surface area (Å²) in [5.74, 6) is -0.334. The van der Waals surface area contributed by atoms with E-state index in [4.69, 9.17) is 5.14 Å². The van der Waals surface area contributed by atoms with Gasteiger partial charge in [-0.15, -0.1) is 0 Å². The number of nitrogens with two attached hydrogens (primary N) is 1. The van der Waals surface area contributed by atoms with Gasteiger partial charge >= 0.3 is 5.97 Å². The molecule has 134 valence electrons. The number of hydrogen-bond acceptors (Lipinski definition) is 6. The summed E-state index contributed by atoms with van der Waals surface area (Å²) < 4.78 is 24.3. The molecule has 1 aromatic heterocycles. The minimum Gasteiger partial charge on any atom is -0.478 e. The van der Waals surface area contributed by atoms with E-state index in [2.05, 4.69) is 9.97 Å². The molecule has 2 aromatic rings. The van der Waals surface area contributed by atoms with Crippen LogP contribution in [0, 0.1) is 6.92 Å². The molecule has 9 nitrogen and oxygen atoms in total. The minimum atomic E-state index is -3.71. The van der Waals surface area contributed by atoms with Gasteiger partial charge in [-0.1, -0.05) is 0 Å². The Kier molecular flexibility index (Phi) is 4.58. The van der Waals surface area contributed by atoms with Crippen molar-refractivity contribution >= 4 is 32.9 Å². The number of rotatable bonds is 3. The predicted octanol–water partition coefficient (Wildman–Crippen LogP) is 0.352. The van der Waals surface area contributed by atoms with E-state index in [1.54, 1.807) is 13.0 Å². The maximum atomic E-state index is 11.5. The molecule has 1 aliphatic rings. The molecule has 0 bridgehead atoms. The van der Waals surface area contributed by atoms with Crippen molar-refractivity contribution in [1.29, 1.82) is 0 Å². The van der Waals surface area contributed by atoms with Crippen molar-refractivity contribution in [3.05, 3.63) is 29.6 Å². The summed E-state index contributed by atoms with van der Waals surface area (Å²) in [4.78, 5) is 21.8. The highest BCUT2D eigenvalue weighted by atomic mass is 32.2. The first-order valence-electron chi connectivity index (χ1n) is 7.79. The Morgan fingerprint density at radius 3 is 2.64 bits per heavy atom. The van der Waals surface area contributed by atoms with Crippen LogP contribution in [0.2, 0.25) is 0 Å². The molecule has 3 rings (SSSR count). The van der Waals surface area contributed by atoms with Crippen LogP contribution in [0.25, 0.3) is 10.9 Å². The number of aromatic carboxylic acids is 1. The lowest BCUT2D eigenvalue weighted by Crippen LogP contribution is -2.39.